The summed E-state index contributed by atoms with van der Waals surface area (Å²) >= 11 is 0. The number of para-hydroxylation sites is 9. The van der Waals surface area contributed by atoms with Crippen molar-refractivity contribution in [3.8, 4) is 0 Å². The molecule has 7 atom stereocenters. The highest BCUT2D eigenvalue weighted by Crippen LogP contribution is 2.52. The normalized spacial score (nSPS) is 19.1. The van der Waals surface area contributed by atoms with E-state index in [1.807, 2.05) is 90.9 Å². The SMILES string of the molecule is Cc1ccc2c(oc3c(C)cccc32)c1N1C=CN(C)[C@H]1C.Cc1ccc2c(oc3c(C)cccc32)c1N1c2ccccc2N(C)[C@H]1C.[2H]C([2H])(C)N1C=CN(c2c(C)ccc3c2oc2c(C)cccc23)[C@@H]1C.[2H]C([2H])([2H])C(C)N1C=CN(c2c(C)ccc3c2oc2c(C)cccc23)[C@@H]1C.[2H]C([2H])([2H])C(C)N1c2ccccc2N(c2c(C)ccc3c2oc2ccccc23)[C@@H]1C. The number of anilines is 9. The third kappa shape index (κ3) is 13.1. The first-order chi connectivity index (χ1) is 61.9. The summed E-state index contributed by atoms with van der Waals surface area (Å²) in [6.07, 6.45) is 11.9. The number of hydrogen-bond acceptors (Lipinski definition) is 15. The van der Waals surface area contributed by atoms with Crippen molar-refractivity contribution in [3.05, 3.63) is 294 Å². The van der Waals surface area contributed by atoms with E-state index in [4.69, 9.17) is 33.1 Å². The van der Waals surface area contributed by atoms with Gasteiger partial charge in [0.25, 0.3) is 0 Å². The zero-order chi connectivity index (χ0) is 92.1. The number of nitrogens with zero attached hydrogens (tertiary/aromatic N) is 10. The molecule has 122 heavy (non-hydrogen) atoms. The third-order valence-corrected chi connectivity index (χ3v) is 25.8. The van der Waals surface area contributed by atoms with Gasteiger partial charge in [0.15, 0.2) is 27.9 Å². The number of fused-ring (bicyclic) bond motifs is 17. The topological polar surface area (TPSA) is 98.1 Å². The van der Waals surface area contributed by atoms with Crippen LogP contribution in [0.3, 0.4) is 0 Å². The van der Waals surface area contributed by atoms with Crippen LogP contribution in [0.1, 0.15) is 130 Å². The summed E-state index contributed by atoms with van der Waals surface area (Å²) in [7, 11) is 4.25. The average molecular weight is 1630 g/mol. The van der Waals surface area contributed by atoms with Gasteiger partial charge in [0.2, 0.25) is 0 Å². The summed E-state index contributed by atoms with van der Waals surface area (Å²) in [5.41, 5.74) is 29.2. The molecule has 0 aliphatic carbocycles. The maximum atomic E-state index is 8.04. The fraction of sp³-hybridized carbons (Fsp3) is 0.271. The molecule has 0 saturated carbocycles. The van der Waals surface area contributed by atoms with E-state index < -0.39 is 32.3 Å². The lowest BCUT2D eigenvalue weighted by Crippen LogP contribution is -2.42. The van der Waals surface area contributed by atoms with Gasteiger partial charge >= 0.3 is 0 Å². The van der Waals surface area contributed by atoms with Crippen LogP contribution in [0, 0.1) is 62.3 Å². The van der Waals surface area contributed by atoms with Crippen molar-refractivity contribution in [2.24, 2.45) is 0 Å². The second kappa shape index (κ2) is 31.5. The van der Waals surface area contributed by atoms with E-state index in [-0.39, 0.29) is 24.7 Å². The quantitative estimate of drug-likeness (QED) is 0.144. The molecule has 0 saturated heterocycles. The van der Waals surface area contributed by atoms with Crippen molar-refractivity contribution in [1.29, 1.82) is 0 Å². The molecule has 2 unspecified atom stereocenters. The molecule has 22 rings (SSSR count). The van der Waals surface area contributed by atoms with E-state index in [2.05, 4.69) is 308 Å². The molecule has 620 valence electrons. The monoisotopic (exact) mass is 1620 g/mol. The van der Waals surface area contributed by atoms with Gasteiger partial charge in [-0.25, -0.2) is 0 Å². The molecule has 5 aliphatic heterocycles. The second-order valence-corrected chi connectivity index (χ2v) is 33.5. The molecule has 0 N–H and O–H groups in total. The first-order valence-electron chi connectivity index (χ1n) is 46.4. The van der Waals surface area contributed by atoms with Crippen LogP contribution in [-0.2, 0) is 0 Å². The van der Waals surface area contributed by atoms with Gasteiger partial charge in [0.1, 0.15) is 58.7 Å². The predicted octanol–water partition coefficient (Wildman–Crippen LogP) is 28.2. The van der Waals surface area contributed by atoms with Gasteiger partial charge in [-0.3, -0.25) is 0 Å². The van der Waals surface area contributed by atoms with Gasteiger partial charge < -0.3 is 71.1 Å². The van der Waals surface area contributed by atoms with Crippen molar-refractivity contribution in [2.75, 3.05) is 54.9 Å². The van der Waals surface area contributed by atoms with E-state index >= 15 is 0 Å². The van der Waals surface area contributed by atoms with Crippen molar-refractivity contribution in [1.82, 2.24) is 14.7 Å². The highest BCUT2D eigenvalue weighted by atomic mass is 16.3. The van der Waals surface area contributed by atoms with Crippen LogP contribution in [0.25, 0.3) is 110 Å². The van der Waals surface area contributed by atoms with Gasteiger partial charge in [0.05, 0.1) is 51.2 Å². The summed E-state index contributed by atoms with van der Waals surface area (Å²) < 4.78 is 95.0. The number of hydrogen-bond donors (Lipinski definition) is 0. The number of furan rings is 5. The Balaban J connectivity index is 0.000000110. The van der Waals surface area contributed by atoms with Gasteiger partial charge in [-0.1, -0.05) is 176 Å². The second-order valence-electron chi connectivity index (χ2n) is 33.5. The maximum absolute atomic E-state index is 8.04. The van der Waals surface area contributed by atoms with E-state index in [0.717, 1.165) is 144 Å². The van der Waals surface area contributed by atoms with Crippen molar-refractivity contribution in [2.45, 2.75) is 174 Å². The van der Waals surface area contributed by atoms with Crippen LogP contribution in [-0.4, -0.2) is 78.2 Å². The third-order valence-electron chi connectivity index (χ3n) is 25.8. The molecule has 0 bridgehead atoms. The first-order valence-corrected chi connectivity index (χ1v) is 42.4. The maximum Gasteiger partial charge on any atom is 0.159 e. The average Bonchev–Trinajstić information content (AvgIpc) is 1.60. The first kappa shape index (κ1) is 70.7. The van der Waals surface area contributed by atoms with Crippen molar-refractivity contribution < 1.29 is 33.1 Å². The predicted molar refractivity (Wildman–Crippen MR) is 514 cm³/mol. The largest absolute Gasteiger partial charge is 0.454 e. The Kier molecular flexibility index (Phi) is 18.2. The zero-order valence-corrected chi connectivity index (χ0v) is 73.1. The fourth-order valence-electron chi connectivity index (χ4n) is 19.1. The Morgan fingerprint density at radius 2 is 0.648 bits per heavy atom. The van der Waals surface area contributed by atoms with E-state index in [1.165, 1.54) is 66.5 Å². The molecule has 0 radical (unpaired) electrons. The summed E-state index contributed by atoms with van der Waals surface area (Å²) in [6, 6.07) is 70.0. The summed E-state index contributed by atoms with van der Waals surface area (Å²) in [5, 5.41) is 11.3. The van der Waals surface area contributed by atoms with Crippen molar-refractivity contribution >= 4 is 161 Å². The smallest absolute Gasteiger partial charge is 0.159 e. The summed E-state index contributed by atoms with van der Waals surface area (Å²) in [4.78, 5) is 21.3. The number of rotatable bonds is 8. The van der Waals surface area contributed by atoms with Gasteiger partial charge in [0, 0.05) is 135 Å². The standard InChI is InChI=1S/C24H24N2O.C23H22N2O.C21H24N2O.C20H22N2O.C19H20N2O/c1-15(2)25-17(4)26(21-11-7-6-10-20(21)25)23-16(3)13-14-19-18-9-5-8-12-22(18)27-24(19)23;1-14-12-13-18-17-9-7-8-15(2)22(17)26-23(18)21(14)25-16(3)24(4)19-10-5-6-11-20(19)25;1-13(2)22-11-12-23(16(22)5)19-14(3)9-10-18-17-8-6-7-15(4)20(17)24-21(18)19;1-5-21-11-12-22(15(21)4)18-13(2)9-10-17-16-8-6-7-14(3)19(16)23-20(17)18;1-12-8-9-16-15-7-5-6-13(2)18(15)22-19(16)17(12)21-11-10-20(4)14(21)3/h5-15,17H,1-4H3;5-13,16H,1-4H3;6-13,16H,1-5H3;6-12,15H,5H2,1-4H3;5-11,14H,1-4H3/t17-;2*16-;15-;14-/m11111/s1/i1D3;;1D3;5D2;/t15?,17-;;13?,16-;m;. The van der Waals surface area contributed by atoms with Crippen molar-refractivity contribution in [3.63, 3.8) is 0 Å². The van der Waals surface area contributed by atoms with Gasteiger partial charge in [-0.05, 0) is 212 Å². The number of aryl methyl sites for hydroxylation is 9. The lowest BCUT2D eigenvalue weighted by atomic mass is 10.1. The van der Waals surface area contributed by atoms with Crippen LogP contribution in [0.5, 0.6) is 0 Å². The van der Waals surface area contributed by atoms with Crippen LogP contribution in [0.4, 0.5) is 51.2 Å². The molecule has 0 fully saturated rings. The molecule has 0 spiro atoms. The molecule has 5 aromatic heterocycles. The Labute approximate surface area is 727 Å². The van der Waals surface area contributed by atoms with Crippen LogP contribution >= 0.6 is 0 Å². The molecule has 17 aromatic rings. The van der Waals surface area contributed by atoms with E-state index in [0.29, 0.717) is 6.17 Å². The highest BCUT2D eigenvalue weighted by molar-refractivity contribution is 6.15. The van der Waals surface area contributed by atoms with Gasteiger partial charge in [-0.15, -0.1) is 0 Å². The van der Waals surface area contributed by atoms with Gasteiger partial charge in [-0.2, -0.15) is 0 Å². The lowest BCUT2D eigenvalue weighted by Gasteiger charge is -2.33. The molecule has 12 aromatic carbocycles. The Bertz CT molecular complexity index is 7390. The molecular weight excluding hydrogens is 1510 g/mol. The minimum Gasteiger partial charge on any atom is -0.454 e. The Hall–Kier alpha value is -13.1. The Morgan fingerprint density at radius 3 is 1.08 bits per heavy atom. The fourth-order valence-corrected chi connectivity index (χ4v) is 19.1. The molecular formula is C107H112N10O5. The molecule has 5 aliphatic rings. The van der Waals surface area contributed by atoms with Crippen LogP contribution < -0.4 is 34.3 Å². The highest BCUT2D eigenvalue weighted by Gasteiger charge is 2.39. The molecule has 0 amide bonds. The summed E-state index contributed by atoms with van der Waals surface area (Å²) in [5.74, 6) is 0. The molecule has 10 heterocycles. The number of benzene rings is 12. The van der Waals surface area contributed by atoms with E-state index in [1.54, 1.807) is 25.7 Å². The minimum atomic E-state index is -2.09. The van der Waals surface area contributed by atoms with E-state index in [9.17, 15) is 0 Å². The molecule has 15 heteroatoms. The minimum absolute atomic E-state index is 0.112. The lowest BCUT2D eigenvalue weighted by molar-refractivity contribution is 0.263. The summed E-state index contributed by atoms with van der Waals surface area (Å²) in [6.45, 7) is 28.9. The molecule has 15 nitrogen and oxygen atoms in total. The zero-order valence-electron chi connectivity index (χ0n) is 81.1. The Morgan fingerprint density at radius 1 is 0.303 bits per heavy atom. The van der Waals surface area contributed by atoms with Crippen LogP contribution in [0.2, 0.25) is 0 Å². The van der Waals surface area contributed by atoms with Crippen LogP contribution in [0.15, 0.2) is 266 Å².